The van der Waals surface area contributed by atoms with Gasteiger partial charge in [-0.3, -0.25) is 4.79 Å². The molecule has 218 valence electrons. The van der Waals surface area contributed by atoms with Gasteiger partial charge in [0.25, 0.3) is 8.32 Å². The molecule has 3 aliphatic carbocycles. The standard InChI is InChI=1S/C36H40O5Si/c1-35(2,3)42(29-16-10-6-11-17-29,30-18-12-7-13-19-30)41-28-21-20-26-22-27-23-36(24-28,34(38)39-4)31(26)32(27)40-33(37)25-14-8-5-9-15-25/h5-19,22,27-28,31-32H,20-21,23-24H2,1-4H3/t27-,28+,31-,32-,36+/m1/s1. The second-order valence-corrected chi connectivity index (χ2v) is 17.4. The monoisotopic (exact) mass is 580 g/mol. The molecule has 5 atom stereocenters. The number of carbonyl (C=O) groups excluding carboxylic acids is 2. The fourth-order valence-electron chi connectivity index (χ4n) is 8.07. The molecule has 0 unspecified atom stereocenters. The Hall–Kier alpha value is -3.48. The third kappa shape index (κ3) is 4.65. The number of hydrogen-bond donors (Lipinski definition) is 0. The molecule has 3 aliphatic rings. The van der Waals surface area contributed by atoms with Crippen molar-refractivity contribution >= 4 is 30.6 Å². The molecule has 3 aromatic rings. The van der Waals surface area contributed by atoms with E-state index in [9.17, 15) is 9.59 Å². The van der Waals surface area contributed by atoms with E-state index in [0.717, 1.165) is 12.8 Å². The van der Waals surface area contributed by atoms with Crippen LogP contribution < -0.4 is 10.4 Å². The minimum Gasteiger partial charge on any atom is -0.469 e. The summed E-state index contributed by atoms with van der Waals surface area (Å²) in [6.45, 7) is 6.84. The van der Waals surface area contributed by atoms with Crippen molar-refractivity contribution in [2.24, 2.45) is 17.3 Å². The van der Waals surface area contributed by atoms with Crippen LogP contribution in [-0.4, -0.2) is 39.6 Å². The van der Waals surface area contributed by atoms with Gasteiger partial charge in [-0.25, -0.2) is 4.79 Å². The van der Waals surface area contributed by atoms with Crippen LogP contribution in [0.3, 0.4) is 0 Å². The largest absolute Gasteiger partial charge is 0.469 e. The summed E-state index contributed by atoms with van der Waals surface area (Å²) in [6, 6.07) is 30.4. The highest BCUT2D eigenvalue weighted by atomic mass is 28.4. The molecule has 6 heteroatoms. The average molecular weight is 581 g/mol. The molecular formula is C36H40O5Si. The van der Waals surface area contributed by atoms with Crippen molar-refractivity contribution in [1.29, 1.82) is 0 Å². The number of fused-ring (bicyclic) bond motifs is 1. The fourth-order valence-corrected chi connectivity index (χ4v) is 12.8. The molecule has 0 spiro atoms. The number of methoxy groups -OCH3 is 1. The van der Waals surface area contributed by atoms with E-state index in [4.69, 9.17) is 13.9 Å². The molecule has 0 saturated heterocycles. The van der Waals surface area contributed by atoms with Crippen LogP contribution in [0.2, 0.25) is 5.04 Å². The molecule has 0 aromatic heterocycles. The van der Waals surface area contributed by atoms with Gasteiger partial charge in [0, 0.05) is 17.9 Å². The molecule has 2 saturated carbocycles. The van der Waals surface area contributed by atoms with Gasteiger partial charge in [-0.05, 0) is 53.2 Å². The summed E-state index contributed by atoms with van der Waals surface area (Å²) in [6.07, 6.45) is 4.48. The first-order chi connectivity index (χ1) is 20.2. The summed E-state index contributed by atoms with van der Waals surface area (Å²) in [7, 11) is -1.36. The van der Waals surface area contributed by atoms with Crippen LogP contribution in [0.15, 0.2) is 103 Å². The van der Waals surface area contributed by atoms with E-state index >= 15 is 0 Å². The Labute approximate surface area is 250 Å². The van der Waals surface area contributed by atoms with Crippen molar-refractivity contribution < 1.29 is 23.5 Å². The summed E-state index contributed by atoms with van der Waals surface area (Å²) in [5.74, 6) is -0.775. The molecule has 0 amide bonds. The Bertz CT molecular complexity index is 1420. The van der Waals surface area contributed by atoms with Gasteiger partial charge in [-0.1, -0.05) is 111 Å². The van der Waals surface area contributed by atoms with Crippen molar-refractivity contribution in [3.63, 3.8) is 0 Å². The van der Waals surface area contributed by atoms with Crippen LogP contribution >= 0.6 is 0 Å². The van der Waals surface area contributed by atoms with Gasteiger partial charge in [-0.15, -0.1) is 0 Å². The number of rotatable bonds is 7. The van der Waals surface area contributed by atoms with Crippen LogP contribution in [0.4, 0.5) is 0 Å². The van der Waals surface area contributed by atoms with Crippen LogP contribution in [0.25, 0.3) is 0 Å². The molecule has 42 heavy (non-hydrogen) atoms. The third-order valence-corrected chi connectivity index (χ3v) is 14.8. The predicted octanol–water partition coefficient (Wildman–Crippen LogP) is 6.08. The van der Waals surface area contributed by atoms with Gasteiger partial charge in [-0.2, -0.15) is 0 Å². The Balaban J connectivity index is 1.38. The topological polar surface area (TPSA) is 61.8 Å². The molecule has 2 bridgehead atoms. The van der Waals surface area contributed by atoms with Gasteiger partial charge in [0.15, 0.2) is 0 Å². The average Bonchev–Trinajstić information content (AvgIpc) is 3.46. The number of ether oxygens (including phenoxy) is 2. The summed E-state index contributed by atoms with van der Waals surface area (Å²) in [5.41, 5.74) is 0.936. The maximum atomic E-state index is 13.8. The maximum Gasteiger partial charge on any atom is 0.338 e. The second-order valence-electron chi connectivity index (χ2n) is 13.1. The minimum absolute atomic E-state index is 0.0108. The molecule has 0 N–H and O–H groups in total. The fraction of sp³-hybridized carbons (Fsp3) is 0.389. The Morgan fingerprint density at radius 1 is 0.833 bits per heavy atom. The van der Waals surface area contributed by atoms with E-state index < -0.39 is 13.7 Å². The van der Waals surface area contributed by atoms with Gasteiger partial charge in [0.2, 0.25) is 0 Å². The minimum atomic E-state index is -2.83. The SMILES string of the molecule is COC(=O)[C@]12C[C@@H](O[Si](c3ccccc3)(c3ccccc3)C(C)(C)C)CCC3=C[C@H](C1)[C@@H](OC(=O)c1ccccc1)[C@@H]32. The van der Waals surface area contributed by atoms with Crippen molar-refractivity contribution in [3.8, 4) is 0 Å². The van der Waals surface area contributed by atoms with Gasteiger partial charge >= 0.3 is 11.9 Å². The Morgan fingerprint density at radius 2 is 1.40 bits per heavy atom. The summed E-state index contributed by atoms with van der Waals surface area (Å²) < 4.78 is 19.3. The zero-order valence-electron chi connectivity index (χ0n) is 24.9. The van der Waals surface area contributed by atoms with Gasteiger partial charge in [0.05, 0.1) is 18.1 Å². The zero-order valence-corrected chi connectivity index (χ0v) is 25.9. The van der Waals surface area contributed by atoms with Gasteiger partial charge in [0.1, 0.15) is 6.10 Å². The molecule has 3 aromatic carbocycles. The van der Waals surface area contributed by atoms with Crippen LogP contribution in [0.1, 0.15) is 56.8 Å². The predicted molar refractivity (Wildman–Crippen MR) is 166 cm³/mol. The quantitative estimate of drug-likeness (QED) is 0.193. The van der Waals surface area contributed by atoms with E-state index in [0.29, 0.717) is 18.4 Å². The van der Waals surface area contributed by atoms with Crippen LogP contribution in [0.5, 0.6) is 0 Å². The first-order valence-corrected chi connectivity index (χ1v) is 16.9. The van der Waals surface area contributed by atoms with Crippen molar-refractivity contribution in [2.45, 2.75) is 63.7 Å². The molecule has 0 heterocycles. The van der Waals surface area contributed by atoms with E-state index in [2.05, 4.69) is 75.4 Å². The molecule has 5 nitrogen and oxygen atoms in total. The van der Waals surface area contributed by atoms with Crippen LogP contribution in [-0.2, 0) is 18.7 Å². The first-order valence-electron chi connectivity index (χ1n) is 15.0. The smallest absolute Gasteiger partial charge is 0.338 e. The van der Waals surface area contributed by atoms with E-state index in [-0.39, 0.29) is 41.0 Å². The Morgan fingerprint density at radius 3 is 1.95 bits per heavy atom. The zero-order chi connectivity index (χ0) is 29.5. The molecule has 6 rings (SSSR count). The highest BCUT2D eigenvalue weighted by Gasteiger charge is 2.65. The van der Waals surface area contributed by atoms with E-state index in [1.54, 1.807) is 12.1 Å². The molecular weight excluding hydrogens is 540 g/mol. The molecule has 0 aliphatic heterocycles. The number of hydrogen-bond acceptors (Lipinski definition) is 5. The summed E-state index contributed by atoms with van der Waals surface area (Å²) in [4.78, 5) is 27.0. The van der Waals surface area contributed by atoms with Crippen molar-refractivity contribution in [3.05, 3.63) is 108 Å². The lowest BCUT2D eigenvalue weighted by molar-refractivity contribution is -0.157. The van der Waals surface area contributed by atoms with Crippen molar-refractivity contribution in [2.75, 3.05) is 7.11 Å². The first kappa shape index (κ1) is 28.6. The number of carbonyl (C=O) groups is 2. The normalized spacial score (nSPS) is 26.7. The summed E-state index contributed by atoms with van der Waals surface area (Å²) in [5, 5.41) is 2.27. The number of benzene rings is 3. The van der Waals surface area contributed by atoms with Gasteiger partial charge < -0.3 is 13.9 Å². The van der Waals surface area contributed by atoms with E-state index in [1.807, 2.05) is 30.3 Å². The molecule has 2 fully saturated rings. The lowest BCUT2D eigenvalue weighted by Crippen LogP contribution is -2.68. The number of esters is 2. The lowest BCUT2D eigenvalue weighted by atomic mass is 9.70. The van der Waals surface area contributed by atoms with Crippen LogP contribution in [0, 0.1) is 17.3 Å². The van der Waals surface area contributed by atoms with E-state index in [1.165, 1.54) is 23.1 Å². The molecule has 0 radical (unpaired) electrons. The highest BCUT2D eigenvalue weighted by Crippen LogP contribution is 2.62. The maximum absolute atomic E-state index is 13.8. The van der Waals surface area contributed by atoms with Crippen molar-refractivity contribution in [1.82, 2.24) is 0 Å². The highest BCUT2D eigenvalue weighted by molar-refractivity contribution is 6.99. The third-order valence-electron chi connectivity index (χ3n) is 9.73. The second kappa shape index (κ2) is 11.0. The lowest BCUT2D eigenvalue weighted by Gasteiger charge is -2.46. The summed E-state index contributed by atoms with van der Waals surface area (Å²) >= 11 is 0. The Kier molecular flexibility index (Phi) is 7.48.